The Morgan fingerprint density at radius 2 is 2.13 bits per heavy atom. The smallest absolute Gasteiger partial charge is 0.140 e. The van der Waals surface area contributed by atoms with Crippen molar-refractivity contribution >= 4 is 21.7 Å². The molecule has 2 heteroatoms. The molecule has 0 amide bonds. The Bertz CT molecular complexity index is 333. The number of carbonyl (C=O) groups is 1. The molecular weight excluding hydrogens is 252 g/mol. The lowest BCUT2D eigenvalue weighted by molar-refractivity contribution is -0.120. The van der Waals surface area contributed by atoms with Crippen molar-refractivity contribution in [3.63, 3.8) is 0 Å². The first-order chi connectivity index (χ1) is 7.19. The zero-order valence-electron chi connectivity index (χ0n) is 9.29. The summed E-state index contributed by atoms with van der Waals surface area (Å²) in [5.74, 6) is 0.431. The number of ketones is 1. The number of carbonyl (C=O) groups excluding carboxylic acids is 1. The van der Waals surface area contributed by atoms with Gasteiger partial charge in [-0.25, -0.2) is 0 Å². The molecule has 0 fully saturated rings. The molecule has 15 heavy (non-hydrogen) atoms. The van der Waals surface area contributed by atoms with Crippen molar-refractivity contribution < 1.29 is 4.79 Å². The maximum Gasteiger partial charge on any atom is 0.140 e. The minimum atomic E-state index is 0.0717. The van der Waals surface area contributed by atoms with Gasteiger partial charge in [-0.05, 0) is 30.5 Å². The highest BCUT2D eigenvalue weighted by molar-refractivity contribution is 9.10. The fraction of sp³-hybridized carbons (Fsp3) is 0.462. The first-order valence-corrected chi connectivity index (χ1v) is 6.26. The minimum Gasteiger partial charge on any atom is -0.299 e. The molecule has 0 spiro atoms. The van der Waals surface area contributed by atoms with E-state index in [0.29, 0.717) is 12.2 Å². The molecule has 0 aliphatic rings. The molecule has 82 valence electrons. The van der Waals surface area contributed by atoms with Gasteiger partial charge < -0.3 is 0 Å². The summed E-state index contributed by atoms with van der Waals surface area (Å²) in [7, 11) is 0. The van der Waals surface area contributed by atoms with E-state index in [9.17, 15) is 4.79 Å². The Balaban J connectivity index is 2.87. The van der Waals surface area contributed by atoms with E-state index in [1.807, 2.05) is 31.2 Å². The van der Waals surface area contributed by atoms with Crippen LogP contribution in [0.4, 0.5) is 0 Å². The Morgan fingerprint density at radius 3 is 2.67 bits per heavy atom. The quantitative estimate of drug-likeness (QED) is 0.778. The normalized spacial score (nSPS) is 12.5. The third-order valence-corrected chi connectivity index (χ3v) is 3.04. The Labute approximate surface area is 100 Å². The molecule has 0 aliphatic carbocycles. The van der Waals surface area contributed by atoms with Crippen LogP contribution in [-0.4, -0.2) is 5.78 Å². The van der Waals surface area contributed by atoms with E-state index in [1.165, 1.54) is 0 Å². The van der Waals surface area contributed by atoms with Crippen molar-refractivity contribution in [1.82, 2.24) is 0 Å². The van der Waals surface area contributed by atoms with Crippen LogP contribution in [0.15, 0.2) is 28.7 Å². The second kappa shape index (κ2) is 6.06. The summed E-state index contributed by atoms with van der Waals surface area (Å²) >= 11 is 3.44. The van der Waals surface area contributed by atoms with Crippen molar-refractivity contribution in [2.24, 2.45) is 0 Å². The molecule has 1 rings (SSSR count). The van der Waals surface area contributed by atoms with Gasteiger partial charge in [0.2, 0.25) is 0 Å². The van der Waals surface area contributed by atoms with Crippen LogP contribution >= 0.6 is 15.9 Å². The summed E-state index contributed by atoms with van der Waals surface area (Å²) in [5.41, 5.74) is 1.13. The van der Waals surface area contributed by atoms with E-state index in [1.54, 1.807) is 0 Å². The van der Waals surface area contributed by atoms with Gasteiger partial charge in [0.1, 0.15) is 5.78 Å². The van der Waals surface area contributed by atoms with Gasteiger partial charge in [0.15, 0.2) is 0 Å². The predicted octanol–water partition coefficient (Wildman–Crippen LogP) is 4.31. The van der Waals surface area contributed by atoms with Gasteiger partial charge in [-0.2, -0.15) is 0 Å². The molecule has 0 aromatic heterocycles. The van der Waals surface area contributed by atoms with E-state index in [0.717, 1.165) is 22.9 Å². The van der Waals surface area contributed by atoms with Crippen LogP contribution in [0.3, 0.4) is 0 Å². The van der Waals surface area contributed by atoms with Crippen LogP contribution in [0.1, 0.15) is 44.6 Å². The van der Waals surface area contributed by atoms with Crippen LogP contribution in [0.25, 0.3) is 0 Å². The summed E-state index contributed by atoms with van der Waals surface area (Å²) in [5, 5.41) is 0. The fourth-order valence-electron chi connectivity index (χ4n) is 1.79. The lowest BCUT2D eigenvalue weighted by Crippen LogP contribution is -2.11. The maximum absolute atomic E-state index is 11.9. The molecule has 1 aromatic rings. The minimum absolute atomic E-state index is 0.0717. The number of hydrogen-bond donors (Lipinski definition) is 0. The third kappa shape index (κ3) is 3.45. The van der Waals surface area contributed by atoms with E-state index >= 15 is 0 Å². The van der Waals surface area contributed by atoms with Crippen molar-refractivity contribution in [3.05, 3.63) is 34.3 Å². The van der Waals surface area contributed by atoms with Crippen molar-refractivity contribution in [3.8, 4) is 0 Å². The standard InChI is InChI=1S/C13H17BrO/c1-3-6-13(15)12(4-2)10-7-5-8-11(14)9-10/h5,7-9,12H,3-4,6H2,1-2H3. The van der Waals surface area contributed by atoms with Gasteiger partial charge in [-0.1, -0.05) is 41.9 Å². The van der Waals surface area contributed by atoms with Gasteiger partial charge in [0, 0.05) is 16.8 Å². The molecular formula is C13H17BrO. The number of Topliss-reactive ketones (excluding diaryl/α,β-unsaturated/α-hetero) is 1. The van der Waals surface area contributed by atoms with Gasteiger partial charge in [-0.15, -0.1) is 0 Å². The van der Waals surface area contributed by atoms with E-state index < -0.39 is 0 Å². The molecule has 0 heterocycles. The molecule has 0 N–H and O–H groups in total. The lowest BCUT2D eigenvalue weighted by Gasteiger charge is -2.13. The highest BCUT2D eigenvalue weighted by atomic mass is 79.9. The average Bonchev–Trinajstić information content (AvgIpc) is 2.19. The summed E-state index contributed by atoms with van der Waals surface area (Å²) < 4.78 is 1.04. The molecule has 1 nitrogen and oxygen atoms in total. The largest absolute Gasteiger partial charge is 0.299 e. The molecule has 1 unspecified atom stereocenters. The highest BCUT2D eigenvalue weighted by Gasteiger charge is 2.17. The topological polar surface area (TPSA) is 17.1 Å². The fourth-order valence-corrected chi connectivity index (χ4v) is 2.21. The maximum atomic E-state index is 11.9. The Morgan fingerprint density at radius 1 is 1.40 bits per heavy atom. The van der Waals surface area contributed by atoms with Crippen molar-refractivity contribution in [1.29, 1.82) is 0 Å². The average molecular weight is 269 g/mol. The summed E-state index contributed by atoms with van der Waals surface area (Å²) in [6.45, 7) is 4.12. The molecule has 0 bridgehead atoms. The van der Waals surface area contributed by atoms with Gasteiger partial charge in [0.25, 0.3) is 0 Å². The molecule has 0 saturated heterocycles. The van der Waals surface area contributed by atoms with Gasteiger partial charge in [0.05, 0.1) is 0 Å². The highest BCUT2D eigenvalue weighted by Crippen LogP contribution is 2.25. The second-order valence-electron chi connectivity index (χ2n) is 3.73. The van der Waals surface area contributed by atoms with E-state index in [2.05, 4.69) is 22.9 Å². The molecule has 0 saturated carbocycles. The monoisotopic (exact) mass is 268 g/mol. The zero-order chi connectivity index (χ0) is 11.3. The van der Waals surface area contributed by atoms with Gasteiger partial charge >= 0.3 is 0 Å². The summed E-state index contributed by atoms with van der Waals surface area (Å²) in [6, 6.07) is 8.05. The van der Waals surface area contributed by atoms with E-state index in [4.69, 9.17) is 0 Å². The number of halogens is 1. The SMILES string of the molecule is CCCC(=O)C(CC)c1cccc(Br)c1. The third-order valence-electron chi connectivity index (χ3n) is 2.54. The van der Waals surface area contributed by atoms with Crippen LogP contribution in [0, 0.1) is 0 Å². The summed E-state index contributed by atoms with van der Waals surface area (Å²) in [4.78, 5) is 11.9. The van der Waals surface area contributed by atoms with Crippen LogP contribution in [0.2, 0.25) is 0 Å². The first kappa shape index (κ1) is 12.4. The Hall–Kier alpha value is -0.630. The van der Waals surface area contributed by atoms with Crippen LogP contribution < -0.4 is 0 Å². The second-order valence-corrected chi connectivity index (χ2v) is 4.65. The molecule has 0 radical (unpaired) electrons. The van der Waals surface area contributed by atoms with Gasteiger partial charge in [-0.3, -0.25) is 4.79 Å². The molecule has 0 aliphatic heterocycles. The number of rotatable bonds is 5. The first-order valence-electron chi connectivity index (χ1n) is 5.47. The van der Waals surface area contributed by atoms with Crippen LogP contribution in [0.5, 0.6) is 0 Å². The Kier molecular flexibility index (Phi) is 5.03. The lowest BCUT2D eigenvalue weighted by atomic mass is 9.90. The predicted molar refractivity (Wildman–Crippen MR) is 67.1 cm³/mol. The molecule has 1 aromatic carbocycles. The zero-order valence-corrected chi connectivity index (χ0v) is 10.9. The van der Waals surface area contributed by atoms with E-state index in [-0.39, 0.29) is 5.92 Å². The van der Waals surface area contributed by atoms with Crippen LogP contribution in [-0.2, 0) is 4.79 Å². The molecule has 1 atom stereocenters. The van der Waals surface area contributed by atoms with Crippen molar-refractivity contribution in [2.75, 3.05) is 0 Å². The number of hydrogen-bond acceptors (Lipinski definition) is 1. The summed E-state index contributed by atoms with van der Waals surface area (Å²) in [6.07, 6.45) is 2.50. The van der Waals surface area contributed by atoms with Crippen molar-refractivity contribution in [2.45, 2.75) is 39.0 Å². The number of benzene rings is 1.